The molecule has 0 unspecified atom stereocenters. The lowest BCUT2D eigenvalue weighted by atomic mass is 9.78. The highest BCUT2D eigenvalue weighted by atomic mass is 15.2. The Morgan fingerprint density at radius 1 is 1.29 bits per heavy atom. The van der Waals surface area contributed by atoms with E-state index in [9.17, 15) is 0 Å². The predicted octanol–water partition coefficient (Wildman–Crippen LogP) is 1.92. The standard InChI is InChI=1S/C13H16N4/c14-13(6-3-7-13)9-15-12-11-5-2-1-4-10(11)8-16-17-12/h1-2,4-5,8H,3,6-7,9,14H2,(H,15,17). The van der Waals surface area contributed by atoms with Crippen LogP contribution in [0.4, 0.5) is 5.82 Å². The smallest absolute Gasteiger partial charge is 0.156 e. The van der Waals surface area contributed by atoms with E-state index in [0.29, 0.717) is 0 Å². The van der Waals surface area contributed by atoms with Crippen molar-refractivity contribution in [3.05, 3.63) is 30.5 Å². The number of fused-ring (bicyclic) bond motifs is 1. The van der Waals surface area contributed by atoms with Crippen molar-refractivity contribution in [2.75, 3.05) is 11.9 Å². The van der Waals surface area contributed by atoms with Gasteiger partial charge in [-0.1, -0.05) is 24.3 Å². The fourth-order valence-corrected chi connectivity index (χ4v) is 2.23. The van der Waals surface area contributed by atoms with Crippen LogP contribution in [0.25, 0.3) is 10.8 Å². The second kappa shape index (κ2) is 3.96. The summed E-state index contributed by atoms with van der Waals surface area (Å²) in [6.45, 7) is 0.773. The topological polar surface area (TPSA) is 63.8 Å². The zero-order valence-electron chi connectivity index (χ0n) is 9.69. The first-order chi connectivity index (χ1) is 8.27. The molecule has 0 spiro atoms. The highest BCUT2D eigenvalue weighted by molar-refractivity contribution is 5.90. The molecule has 0 radical (unpaired) electrons. The summed E-state index contributed by atoms with van der Waals surface area (Å²) in [7, 11) is 0. The van der Waals surface area contributed by atoms with Gasteiger partial charge in [0, 0.05) is 22.9 Å². The zero-order chi connectivity index (χ0) is 11.7. The van der Waals surface area contributed by atoms with Gasteiger partial charge in [-0.3, -0.25) is 0 Å². The molecular formula is C13H16N4. The van der Waals surface area contributed by atoms with Crippen molar-refractivity contribution in [3.63, 3.8) is 0 Å². The number of nitrogens with two attached hydrogens (primary N) is 1. The molecule has 4 nitrogen and oxygen atoms in total. The molecule has 1 aliphatic rings. The summed E-state index contributed by atoms with van der Waals surface area (Å²) in [4.78, 5) is 0. The minimum Gasteiger partial charge on any atom is -0.366 e. The van der Waals surface area contributed by atoms with E-state index in [1.54, 1.807) is 6.20 Å². The van der Waals surface area contributed by atoms with Crippen LogP contribution in [-0.4, -0.2) is 22.3 Å². The van der Waals surface area contributed by atoms with Gasteiger partial charge in [-0.05, 0) is 19.3 Å². The molecule has 0 amide bonds. The molecule has 0 saturated heterocycles. The molecule has 0 bridgehead atoms. The molecule has 17 heavy (non-hydrogen) atoms. The van der Waals surface area contributed by atoms with Gasteiger partial charge in [0.1, 0.15) is 0 Å². The average molecular weight is 228 g/mol. The van der Waals surface area contributed by atoms with E-state index in [0.717, 1.165) is 36.0 Å². The van der Waals surface area contributed by atoms with Gasteiger partial charge < -0.3 is 11.1 Å². The Bertz CT molecular complexity index is 528. The number of nitrogens with one attached hydrogen (secondary N) is 1. The summed E-state index contributed by atoms with van der Waals surface area (Å²) < 4.78 is 0. The summed E-state index contributed by atoms with van der Waals surface area (Å²) in [5, 5.41) is 13.7. The summed E-state index contributed by atoms with van der Waals surface area (Å²) in [5.41, 5.74) is 6.14. The van der Waals surface area contributed by atoms with Gasteiger partial charge in [0.05, 0.1) is 6.20 Å². The van der Waals surface area contributed by atoms with Crippen LogP contribution < -0.4 is 11.1 Å². The lowest BCUT2D eigenvalue weighted by Crippen LogP contribution is -2.52. The molecular weight excluding hydrogens is 212 g/mol. The lowest BCUT2D eigenvalue weighted by molar-refractivity contribution is 0.265. The first kappa shape index (κ1) is 10.5. The third kappa shape index (κ3) is 1.96. The van der Waals surface area contributed by atoms with E-state index in [-0.39, 0.29) is 5.54 Å². The van der Waals surface area contributed by atoms with Crippen LogP contribution in [0.2, 0.25) is 0 Å². The molecule has 1 fully saturated rings. The second-order valence-electron chi connectivity index (χ2n) is 4.85. The van der Waals surface area contributed by atoms with Gasteiger partial charge in [0.15, 0.2) is 5.82 Å². The fourth-order valence-electron chi connectivity index (χ4n) is 2.23. The van der Waals surface area contributed by atoms with Crippen LogP contribution in [0.15, 0.2) is 30.5 Å². The Kier molecular flexibility index (Phi) is 2.44. The summed E-state index contributed by atoms with van der Waals surface area (Å²) in [6.07, 6.45) is 5.21. The van der Waals surface area contributed by atoms with Crippen molar-refractivity contribution in [1.82, 2.24) is 10.2 Å². The Morgan fingerprint density at radius 3 is 2.88 bits per heavy atom. The van der Waals surface area contributed by atoms with Crippen molar-refractivity contribution < 1.29 is 0 Å². The quantitative estimate of drug-likeness (QED) is 0.842. The third-order valence-electron chi connectivity index (χ3n) is 3.53. The zero-order valence-corrected chi connectivity index (χ0v) is 9.69. The van der Waals surface area contributed by atoms with Gasteiger partial charge in [-0.15, -0.1) is 5.10 Å². The van der Waals surface area contributed by atoms with Crippen LogP contribution in [0.5, 0.6) is 0 Å². The number of aromatic nitrogens is 2. The molecule has 4 heteroatoms. The first-order valence-electron chi connectivity index (χ1n) is 6.00. The summed E-state index contributed by atoms with van der Waals surface area (Å²) >= 11 is 0. The number of benzene rings is 1. The SMILES string of the molecule is NC1(CNc2nncc3ccccc23)CCC1. The molecule has 0 aliphatic heterocycles. The van der Waals surface area contributed by atoms with Crippen LogP contribution in [0, 0.1) is 0 Å². The fraction of sp³-hybridized carbons (Fsp3) is 0.385. The van der Waals surface area contributed by atoms with E-state index in [2.05, 4.69) is 21.6 Å². The number of hydrogen-bond donors (Lipinski definition) is 2. The van der Waals surface area contributed by atoms with E-state index in [1.165, 1.54) is 6.42 Å². The minimum atomic E-state index is -0.0430. The monoisotopic (exact) mass is 228 g/mol. The molecule has 1 heterocycles. The molecule has 2 aromatic rings. The van der Waals surface area contributed by atoms with Gasteiger partial charge in [0.25, 0.3) is 0 Å². The molecule has 1 aromatic heterocycles. The molecule has 1 saturated carbocycles. The van der Waals surface area contributed by atoms with Crippen LogP contribution in [-0.2, 0) is 0 Å². The van der Waals surface area contributed by atoms with E-state index in [1.807, 2.05) is 18.2 Å². The molecule has 0 atom stereocenters. The Labute approximate surface area is 100 Å². The summed E-state index contributed by atoms with van der Waals surface area (Å²) in [6, 6.07) is 8.11. The van der Waals surface area contributed by atoms with Crippen molar-refractivity contribution >= 4 is 16.6 Å². The van der Waals surface area contributed by atoms with Crippen molar-refractivity contribution in [2.24, 2.45) is 5.73 Å². The Balaban J connectivity index is 1.85. The van der Waals surface area contributed by atoms with Crippen LogP contribution >= 0.6 is 0 Å². The summed E-state index contributed by atoms with van der Waals surface area (Å²) in [5.74, 6) is 0.833. The molecule has 1 aliphatic carbocycles. The predicted molar refractivity (Wildman–Crippen MR) is 68.8 cm³/mol. The largest absolute Gasteiger partial charge is 0.366 e. The van der Waals surface area contributed by atoms with Gasteiger partial charge in [-0.25, -0.2) is 0 Å². The number of anilines is 1. The Hall–Kier alpha value is -1.68. The van der Waals surface area contributed by atoms with E-state index in [4.69, 9.17) is 5.73 Å². The molecule has 1 aromatic carbocycles. The highest BCUT2D eigenvalue weighted by Crippen LogP contribution is 2.29. The van der Waals surface area contributed by atoms with Gasteiger partial charge in [0.2, 0.25) is 0 Å². The Morgan fingerprint density at radius 2 is 2.12 bits per heavy atom. The lowest BCUT2D eigenvalue weighted by Gasteiger charge is -2.38. The maximum Gasteiger partial charge on any atom is 0.156 e. The molecule has 3 N–H and O–H groups in total. The van der Waals surface area contributed by atoms with Crippen molar-refractivity contribution in [1.29, 1.82) is 0 Å². The van der Waals surface area contributed by atoms with E-state index >= 15 is 0 Å². The van der Waals surface area contributed by atoms with Crippen LogP contribution in [0.3, 0.4) is 0 Å². The van der Waals surface area contributed by atoms with Crippen molar-refractivity contribution in [2.45, 2.75) is 24.8 Å². The third-order valence-corrected chi connectivity index (χ3v) is 3.53. The van der Waals surface area contributed by atoms with Gasteiger partial charge in [-0.2, -0.15) is 5.10 Å². The van der Waals surface area contributed by atoms with Crippen molar-refractivity contribution in [3.8, 4) is 0 Å². The highest BCUT2D eigenvalue weighted by Gasteiger charge is 2.32. The molecule has 88 valence electrons. The van der Waals surface area contributed by atoms with Crippen LogP contribution in [0.1, 0.15) is 19.3 Å². The van der Waals surface area contributed by atoms with Gasteiger partial charge >= 0.3 is 0 Å². The normalized spacial score (nSPS) is 17.7. The second-order valence-corrected chi connectivity index (χ2v) is 4.85. The maximum atomic E-state index is 6.18. The number of rotatable bonds is 3. The number of hydrogen-bond acceptors (Lipinski definition) is 4. The van der Waals surface area contributed by atoms with E-state index < -0.39 is 0 Å². The number of nitrogens with zero attached hydrogens (tertiary/aromatic N) is 2. The minimum absolute atomic E-state index is 0.0430. The first-order valence-corrected chi connectivity index (χ1v) is 6.00. The maximum absolute atomic E-state index is 6.18. The molecule has 3 rings (SSSR count). The average Bonchev–Trinajstić information content (AvgIpc) is 2.34.